The number of carboxylic acids is 1. The Balaban J connectivity index is 3.00. The van der Waals surface area contributed by atoms with Gasteiger partial charge in [-0.1, -0.05) is 17.7 Å². The summed E-state index contributed by atoms with van der Waals surface area (Å²) in [6, 6.07) is 2.73. The molecule has 0 unspecified atom stereocenters. The van der Waals surface area contributed by atoms with Gasteiger partial charge in [-0.15, -0.1) is 0 Å². The number of hydrogen-bond donors (Lipinski definition) is 1. The summed E-state index contributed by atoms with van der Waals surface area (Å²) in [5.41, 5.74) is -0.658. The highest BCUT2D eigenvalue weighted by Crippen LogP contribution is 2.31. The Morgan fingerprint density at radius 2 is 1.57 bits per heavy atom. The molecule has 0 fully saturated rings. The molecule has 0 atom stereocenters. The molecule has 0 spiro atoms. The molecule has 23 heavy (non-hydrogen) atoms. The first kappa shape index (κ1) is 19.5. The van der Waals surface area contributed by atoms with Crippen molar-refractivity contribution < 1.29 is 45.7 Å². The number of carbonyl (C=O) groups is 1. The third kappa shape index (κ3) is 7.06. The van der Waals surface area contributed by atoms with Crippen LogP contribution >= 0.6 is 11.6 Å². The van der Waals surface area contributed by atoms with Crippen LogP contribution < -0.4 is 0 Å². The Labute approximate surface area is 130 Å². The average molecular weight is 367 g/mol. The molecule has 0 aliphatic heterocycles. The van der Waals surface area contributed by atoms with E-state index in [1.165, 1.54) is 0 Å². The minimum absolute atomic E-state index is 0.302. The molecule has 0 heterocycles. The number of aromatic carboxylic acids is 1. The summed E-state index contributed by atoms with van der Waals surface area (Å²) >= 11 is 5.68. The number of halogens is 7. The normalized spacial score (nSPS) is 12.7. The van der Waals surface area contributed by atoms with Crippen LogP contribution in [0.1, 0.15) is 22.2 Å². The lowest BCUT2D eigenvalue weighted by atomic mass is 10.1. The van der Waals surface area contributed by atoms with Crippen molar-refractivity contribution >= 4 is 17.6 Å². The van der Waals surface area contributed by atoms with E-state index in [4.69, 9.17) is 16.7 Å². The van der Waals surface area contributed by atoms with E-state index in [1.807, 2.05) is 0 Å². The summed E-state index contributed by atoms with van der Waals surface area (Å²) in [6.07, 6.45) is -11.7. The minimum Gasteiger partial charge on any atom is -0.478 e. The molecule has 0 amide bonds. The number of alkyl halides is 6. The molecule has 0 aromatic heterocycles. The highest BCUT2D eigenvalue weighted by atomic mass is 35.5. The lowest BCUT2D eigenvalue weighted by molar-refractivity contribution is -0.262. The molecule has 0 aliphatic rings. The van der Waals surface area contributed by atoms with Crippen molar-refractivity contribution in [2.24, 2.45) is 0 Å². The fourth-order valence-corrected chi connectivity index (χ4v) is 1.69. The monoisotopic (exact) mass is 366 g/mol. The fraction of sp³-hybridized carbons (Fsp3) is 0.417. The third-order valence-corrected chi connectivity index (χ3v) is 2.63. The molecule has 1 rings (SSSR count). The maximum absolute atomic E-state index is 12.2. The highest BCUT2D eigenvalue weighted by Gasteiger charge is 2.34. The van der Waals surface area contributed by atoms with E-state index in [1.54, 1.807) is 0 Å². The minimum atomic E-state index is -4.80. The summed E-state index contributed by atoms with van der Waals surface area (Å²) in [7, 11) is 0. The molecular formula is C12H9ClF6O4. The quantitative estimate of drug-likeness (QED) is 0.606. The van der Waals surface area contributed by atoms with Crippen molar-refractivity contribution in [1.29, 1.82) is 0 Å². The van der Waals surface area contributed by atoms with E-state index in [-0.39, 0.29) is 11.1 Å². The van der Waals surface area contributed by atoms with Crippen LogP contribution in [0.25, 0.3) is 0 Å². The smallest absolute Gasteiger partial charge is 0.411 e. The van der Waals surface area contributed by atoms with Crippen LogP contribution in [0, 0.1) is 0 Å². The van der Waals surface area contributed by atoms with Crippen LogP contribution in [0.3, 0.4) is 0 Å². The summed E-state index contributed by atoms with van der Waals surface area (Å²) in [5, 5.41) is 8.34. The van der Waals surface area contributed by atoms with Crippen molar-refractivity contribution in [2.45, 2.75) is 18.6 Å². The van der Waals surface area contributed by atoms with Crippen molar-refractivity contribution in [1.82, 2.24) is 0 Å². The first-order valence-corrected chi connectivity index (χ1v) is 6.16. The van der Waals surface area contributed by atoms with Crippen molar-refractivity contribution in [3.8, 4) is 0 Å². The zero-order valence-corrected chi connectivity index (χ0v) is 11.8. The molecule has 4 nitrogen and oxygen atoms in total. The molecule has 1 aromatic rings. The number of rotatable bonds is 6. The van der Waals surface area contributed by atoms with Crippen LogP contribution in [0.5, 0.6) is 0 Å². The number of hydrogen-bond acceptors (Lipinski definition) is 3. The molecule has 0 bridgehead atoms. The fourth-order valence-electron chi connectivity index (χ4n) is 1.42. The molecule has 130 valence electrons. The standard InChI is InChI=1S/C12H9ClF6O4/c13-8-3-6(9(20)21)1-2-7(8)10(22-4-11(14,15)16)23-5-12(17,18)19/h1-3,10H,4-5H2,(H,20,21). The van der Waals surface area contributed by atoms with Gasteiger partial charge in [0, 0.05) is 10.6 Å². The molecule has 0 saturated carbocycles. The largest absolute Gasteiger partial charge is 0.478 e. The highest BCUT2D eigenvalue weighted by molar-refractivity contribution is 6.31. The van der Waals surface area contributed by atoms with E-state index in [0.717, 1.165) is 18.2 Å². The third-order valence-electron chi connectivity index (χ3n) is 2.30. The second kappa shape index (κ2) is 7.37. The SMILES string of the molecule is O=C(O)c1ccc(C(OCC(F)(F)F)OCC(F)(F)F)c(Cl)c1. The van der Waals surface area contributed by atoms with Crippen LogP contribution in [0.4, 0.5) is 26.3 Å². The Morgan fingerprint density at radius 3 is 1.91 bits per heavy atom. The summed E-state index contributed by atoms with van der Waals surface area (Å²) in [6.45, 7) is -3.74. The van der Waals surface area contributed by atoms with Crippen LogP contribution in [0.15, 0.2) is 18.2 Å². The predicted octanol–water partition coefficient (Wildman–Crippen LogP) is 4.19. The van der Waals surface area contributed by atoms with Gasteiger partial charge in [-0.05, 0) is 12.1 Å². The Kier molecular flexibility index (Phi) is 6.25. The van der Waals surface area contributed by atoms with Gasteiger partial charge in [-0.3, -0.25) is 0 Å². The maximum atomic E-state index is 12.2. The van der Waals surface area contributed by atoms with E-state index < -0.39 is 42.8 Å². The molecule has 1 N–H and O–H groups in total. The van der Waals surface area contributed by atoms with Crippen LogP contribution in [-0.2, 0) is 9.47 Å². The number of benzene rings is 1. The Morgan fingerprint density at radius 1 is 1.09 bits per heavy atom. The number of ether oxygens (including phenoxy) is 2. The second-order valence-electron chi connectivity index (χ2n) is 4.23. The number of carboxylic acid groups (broad SMARTS) is 1. The van der Waals surface area contributed by atoms with Gasteiger partial charge in [0.1, 0.15) is 13.2 Å². The summed E-state index contributed by atoms with van der Waals surface area (Å²) < 4.78 is 81.6. The molecule has 0 saturated heterocycles. The molecule has 0 aliphatic carbocycles. The molecule has 1 aromatic carbocycles. The van der Waals surface area contributed by atoms with Gasteiger partial charge >= 0.3 is 18.3 Å². The Bertz CT molecular complexity index is 539. The van der Waals surface area contributed by atoms with Crippen molar-refractivity contribution in [2.75, 3.05) is 13.2 Å². The van der Waals surface area contributed by atoms with Gasteiger partial charge in [0.15, 0.2) is 6.29 Å². The predicted molar refractivity (Wildman–Crippen MR) is 65.2 cm³/mol. The van der Waals surface area contributed by atoms with E-state index in [9.17, 15) is 31.1 Å². The molecular weight excluding hydrogens is 358 g/mol. The van der Waals surface area contributed by atoms with Crippen LogP contribution in [-0.4, -0.2) is 36.6 Å². The lowest BCUT2D eigenvalue weighted by Gasteiger charge is -2.21. The molecule has 11 heteroatoms. The Hall–Kier alpha value is -1.52. The maximum Gasteiger partial charge on any atom is 0.411 e. The second-order valence-corrected chi connectivity index (χ2v) is 4.63. The molecule has 0 radical (unpaired) electrons. The first-order chi connectivity index (χ1) is 10.4. The topological polar surface area (TPSA) is 55.8 Å². The van der Waals surface area contributed by atoms with Crippen molar-refractivity contribution in [3.05, 3.63) is 34.3 Å². The van der Waals surface area contributed by atoms with Gasteiger partial charge < -0.3 is 14.6 Å². The lowest BCUT2D eigenvalue weighted by Crippen LogP contribution is -2.25. The summed E-state index contributed by atoms with van der Waals surface area (Å²) in [4.78, 5) is 10.7. The van der Waals surface area contributed by atoms with Gasteiger partial charge in [0.2, 0.25) is 0 Å². The van der Waals surface area contributed by atoms with Crippen molar-refractivity contribution in [3.63, 3.8) is 0 Å². The van der Waals surface area contributed by atoms with E-state index in [2.05, 4.69) is 9.47 Å². The van der Waals surface area contributed by atoms with Gasteiger partial charge in [0.25, 0.3) is 0 Å². The first-order valence-electron chi connectivity index (χ1n) is 5.78. The van der Waals surface area contributed by atoms with Crippen LogP contribution in [0.2, 0.25) is 5.02 Å². The van der Waals surface area contributed by atoms with Gasteiger partial charge in [-0.2, -0.15) is 26.3 Å². The zero-order chi connectivity index (χ0) is 17.8. The van der Waals surface area contributed by atoms with Gasteiger partial charge in [0.05, 0.1) is 5.56 Å². The van der Waals surface area contributed by atoms with E-state index >= 15 is 0 Å². The van der Waals surface area contributed by atoms with E-state index in [0.29, 0.717) is 0 Å². The van der Waals surface area contributed by atoms with Gasteiger partial charge in [-0.25, -0.2) is 4.79 Å². The summed E-state index contributed by atoms with van der Waals surface area (Å²) in [5.74, 6) is -1.37. The average Bonchev–Trinajstić information content (AvgIpc) is 2.37. The zero-order valence-electron chi connectivity index (χ0n) is 11.0.